The number of phenols is 1. The summed E-state index contributed by atoms with van der Waals surface area (Å²) in [5, 5.41) is 10.00. The summed E-state index contributed by atoms with van der Waals surface area (Å²) in [6.45, 7) is 7.42. The number of amides is 1. The van der Waals surface area contributed by atoms with Gasteiger partial charge in [-0.25, -0.2) is 0 Å². The van der Waals surface area contributed by atoms with Crippen molar-refractivity contribution in [3.05, 3.63) is 70.8 Å². The fourth-order valence-corrected chi connectivity index (χ4v) is 4.01. The maximum Gasteiger partial charge on any atom is 0.253 e. The largest absolute Gasteiger partial charge is 0.508 e. The van der Waals surface area contributed by atoms with E-state index in [-0.39, 0.29) is 11.7 Å². The van der Waals surface area contributed by atoms with Crippen LogP contribution in [0.5, 0.6) is 5.75 Å². The smallest absolute Gasteiger partial charge is 0.253 e. The Kier molecular flexibility index (Phi) is 6.88. The first-order valence-electron chi connectivity index (χ1n) is 9.94. The third-order valence-electron chi connectivity index (χ3n) is 5.36. The van der Waals surface area contributed by atoms with Crippen molar-refractivity contribution in [1.29, 1.82) is 0 Å². The topological polar surface area (TPSA) is 43.8 Å². The highest BCUT2D eigenvalue weighted by Crippen LogP contribution is 2.34. The number of carbonyl (C=O) groups excluding carboxylic acids is 1. The summed E-state index contributed by atoms with van der Waals surface area (Å²) in [4.78, 5) is 14.4. The van der Waals surface area contributed by atoms with Crippen LogP contribution in [0.25, 0.3) is 5.57 Å². The third kappa shape index (κ3) is 4.63. The van der Waals surface area contributed by atoms with E-state index in [1.807, 2.05) is 61.2 Å². The summed E-state index contributed by atoms with van der Waals surface area (Å²) in [5.41, 5.74) is 5.40. The number of nitrogens with zero attached hydrogens (tertiary/aromatic N) is 2. The normalized spacial score (nSPS) is 14.8. The van der Waals surface area contributed by atoms with E-state index in [1.165, 1.54) is 11.1 Å². The molecule has 0 aliphatic carbocycles. The molecule has 148 valence electrons. The van der Waals surface area contributed by atoms with Crippen LogP contribution >= 0.6 is 9.39 Å². The quantitative estimate of drug-likeness (QED) is 0.754. The standard InChI is InChI=1S/C23H29N2O2P/c1-3-24(4-2)23(27)19-10-8-17(9-11-19)22(18-12-14-25(28)15-13-18)20-6-5-7-21(26)16-20/h5-11,16,26H,3-4,12-15,28H2,1-2H3. The van der Waals surface area contributed by atoms with Crippen molar-refractivity contribution < 1.29 is 9.90 Å². The minimum absolute atomic E-state index is 0.0689. The Labute approximate surface area is 170 Å². The highest BCUT2D eigenvalue weighted by atomic mass is 31.0. The molecule has 0 saturated carbocycles. The number of aromatic hydroxyl groups is 1. The van der Waals surface area contributed by atoms with Crippen LogP contribution in [0.15, 0.2) is 54.1 Å². The van der Waals surface area contributed by atoms with Gasteiger partial charge in [0.2, 0.25) is 0 Å². The predicted molar refractivity (Wildman–Crippen MR) is 118 cm³/mol. The Morgan fingerprint density at radius 1 is 1.00 bits per heavy atom. The van der Waals surface area contributed by atoms with Crippen molar-refractivity contribution in [2.75, 3.05) is 26.2 Å². The zero-order valence-corrected chi connectivity index (χ0v) is 17.8. The monoisotopic (exact) mass is 396 g/mol. The molecule has 1 unspecified atom stereocenters. The van der Waals surface area contributed by atoms with Crippen LogP contribution in [0.3, 0.4) is 0 Å². The van der Waals surface area contributed by atoms with Gasteiger partial charge in [0.05, 0.1) is 0 Å². The molecule has 0 bridgehead atoms. The molecule has 5 heteroatoms. The highest BCUT2D eigenvalue weighted by Gasteiger charge is 2.18. The first-order valence-corrected chi connectivity index (χ1v) is 10.5. The van der Waals surface area contributed by atoms with Gasteiger partial charge in [0, 0.05) is 31.7 Å². The van der Waals surface area contributed by atoms with Crippen LogP contribution in [0, 0.1) is 0 Å². The van der Waals surface area contributed by atoms with Crippen molar-refractivity contribution >= 4 is 20.9 Å². The number of rotatable bonds is 5. The summed E-state index contributed by atoms with van der Waals surface area (Å²) >= 11 is 0. The van der Waals surface area contributed by atoms with Gasteiger partial charge in [-0.3, -0.25) is 9.46 Å². The number of hydrogen-bond donors (Lipinski definition) is 1. The highest BCUT2D eigenvalue weighted by molar-refractivity contribution is 7.13. The van der Waals surface area contributed by atoms with Gasteiger partial charge < -0.3 is 10.0 Å². The molecule has 1 atom stereocenters. The Morgan fingerprint density at radius 2 is 1.61 bits per heavy atom. The molecule has 1 aliphatic heterocycles. The Morgan fingerprint density at radius 3 is 2.18 bits per heavy atom. The van der Waals surface area contributed by atoms with Gasteiger partial charge in [0.1, 0.15) is 5.75 Å². The van der Waals surface area contributed by atoms with Crippen molar-refractivity contribution in [2.45, 2.75) is 26.7 Å². The Hall–Kier alpha value is -2.16. The molecule has 1 amide bonds. The summed E-state index contributed by atoms with van der Waals surface area (Å²) in [5.74, 6) is 0.340. The predicted octanol–water partition coefficient (Wildman–Crippen LogP) is 4.56. The lowest BCUT2D eigenvalue weighted by Gasteiger charge is -2.27. The molecule has 1 fully saturated rings. The van der Waals surface area contributed by atoms with Crippen molar-refractivity contribution in [1.82, 2.24) is 9.57 Å². The summed E-state index contributed by atoms with van der Waals surface area (Å²) < 4.78 is 2.26. The first-order chi connectivity index (χ1) is 13.5. The fraction of sp³-hybridized carbons (Fsp3) is 0.348. The van der Waals surface area contributed by atoms with E-state index in [2.05, 4.69) is 14.1 Å². The van der Waals surface area contributed by atoms with Crippen LogP contribution < -0.4 is 0 Å². The minimum Gasteiger partial charge on any atom is -0.508 e. The minimum atomic E-state index is 0.0689. The molecule has 1 aliphatic rings. The van der Waals surface area contributed by atoms with Crippen LogP contribution in [-0.2, 0) is 0 Å². The van der Waals surface area contributed by atoms with E-state index in [0.29, 0.717) is 18.7 Å². The molecule has 2 aromatic carbocycles. The molecule has 0 spiro atoms. The molecule has 0 aromatic heterocycles. The van der Waals surface area contributed by atoms with Gasteiger partial charge in [-0.05, 0) is 67.7 Å². The summed E-state index contributed by atoms with van der Waals surface area (Å²) in [6, 6.07) is 15.4. The molecular formula is C23H29N2O2P. The number of piperidine rings is 1. The van der Waals surface area contributed by atoms with Crippen molar-refractivity contribution in [3.63, 3.8) is 0 Å². The molecule has 1 saturated heterocycles. The summed E-state index contributed by atoms with van der Waals surface area (Å²) in [7, 11) is 2.78. The molecule has 2 aromatic rings. The number of benzene rings is 2. The van der Waals surface area contributed by atoms with Gasteiger partial charge in [-0.1, -0.05) is 39.2 Å². The van der Waals surface area contributed by atoms with Crippen molar-refractivity contribution in [3.8, 4) is 5.75 Å². The van der Waals surface area contributed by atoms with Crippen LogP contribution in [0.1, 0.15) is 48.2 Å². The SMILES string of the molecule is CCN(CC)C(=O)c1ccc(C(=C2CCN(P)CC2)c2cccc(O)c2)cc1. The molecule has 1 heterocycles. The van der Waals surface area contributed by atoms with E-state index in [1.54, 1.807) is 6.07 Å². The second-order valence-corrected chi connectivity index (χ2v) is 7.85. The van der Waals surface area contributed by atoms with E-state index < -0.39 is 0 Å². The molecule has 0 radical (unpaired) electrons. The zero-order chi connectivity index (χ0) is 20.1. The second kappa shape index (κ2) is 9.36. The van der Waals surface area contributed by atoms with Gasteiger partial charge in [-0.15, -0.1) is 0 Å². The Balaban J connectivity index is 1.99. The number of hydrogen-bond acceptors (Lipinski definition) is 3. The van der Waals surface area contributed by atoms with Gasteiger partial charge in [0.25, 0.3) is 5.91 Å². The Bertz CT molecular complexity index is 847. The lowest BCUT2D eigenvalue weighted by atomic mass is 9.88. The van der Waals surface area contributed by atoms with Gasteiger partial charge in [-0.2, -0.15) is 0 Å². The number of carbonyl (C=O) groups is 1. The average molecular weight is 396 g/mol. The van der Waals surface area contributed by atoms with E-state index in [9.17, 15) is 9.90 Å². The van der Waals surface area contributed by atoms with E-state index in [4.69, 9.17) is 0 Å². The molecule has 1 N–H and O–H groups in total. The van der Waals surface area contributed by atoms with Crippen LogP contribution in [0.4, 0.5) is 0 Å². The molecule has 3 rings (SSSR count). The maximum atomic E-state index is 12.6. The molecule has 4 nitrogen and oxygen atoms in total. The fourth-order valence-electron chi connectivity index (χ4n) is 3.75. The van der Waals surface area contributed by atoms with Crippen LogP contribution in [0.2, 0.25) is 0 Å². The number of phenolic OH excluding ortho intramolecular Hbond substituents is 1. The van der Waals surface area contributed by atoms with E-state index in [0.717, 1.165) is 37.1 Å². The van der Waals surface area contributed by atoms with Crippen molar-refractivity contribution in [2.24, 2.45) is 0 Å². The van der Waals surface area contributed by atoms with Gasteiger partial charge >= 0.3 is 0 Å². The zero-order valence-electron chi connectivity index (χ0n) is 16.7. The lowest BCUT2D eigenvalue weighted by molar-refractivity contribution is 0.0773. The first kappa shape index (κ1) is 20.6. The third-order valence-corrected chi connectivity index (χ3v) is 5.88. The average Bonchev–Trinajstić information content (AvgIpc) is 2.71. The molecular weight excluding hydrogens is 367 g/mol. The van der Waals surface area contributed by atoms with Crippen LogP contribution in [-0.4, -0.2) is 46.8 Å². The second-order valence-electron chi connectivity index (χ2n) is 7.12. The molecule has 28 heavy (non-hydrogen) atoms. The van der Waals surface area contributed by atoms with Gasteiger partial charge in [0.15, 0.2) is 0 Å². The van der Waals surface area contributed by atoms with E-state index >= 15 is 0 Å². The summed E-state index contributed by atoms with van der Waals surface area (Å²) in [6.07, 6.45) is 1.99. The lowest BCUT2D eigenvalue weighted by Crippen LogP contribution is -2.30. The maximum absolute atomic E-state index is 12.6.